The predicted octanol–water partition coefficient (Wildman–Crippen LogP) is 3.95. The summed E-state index contributed by atoms with van der Waals surface area (Å²) in [5.74, 6) is 1.34. The Labute approximate surface area is 181 Å². The maximum atomic E-state index is 12.9. The molecular weight excluding hydrogens is 404 g/mol. The van der Waals surface area contributed by atoms with Crippen molar-refractivity contribution in [2.45, 2.75) is 19.8 Å². The molecule has 4 rings (SSSR count). The molecule has 1 fully saturated rings. The van der Waals surface area contributed by atoms with Crippen LogP contribution in [0.5, 0.6) is 11.5 Å². The molecule has 0 unspecified atom stereocenters. The maximum Gasteiger partial charge on any atom is 0.238 e. The third kappa shape index (κ3) is 4.60. The molecule has 0 bridgehead atoms. The third-order valence-corrected chi connectivity index (χ3v) is 6.10. The van der Waals surface area contributed by atoms with E-state index in [-0.39, 0.29) is 17.6 Å². The number of nitrogens with zero attached hydrogens (tertiary/aromatic N) is 1. The predicted molar refractivity (Wildman–Crippen MR) is 116 cm³/mol. The number of benzene rings is 2. The molecule has 6 nitrogen and oxygen atoms in total. The van der Waals surface area contributed by atoms with Crippen LogP contribution in [0.15, 0.2) is 36.4 Å². The maximum absolute atomic E-state index is 12.9. The van der Waals surface area contributed by atoms with E-state index in [9.17, 15) is 9.59 Å². The van der Waals surface area contributed by atoms with Crippen molar-refractivity contribution in [2.75, 3.05) is 38.2 Å². The molecule has 1 N–H and O–H groups in total. The fourth-order valence-corrected chi connectivity index (χ4v) is 4.10. The number of carbonyl (C=O) groups excluding carboxylic acids is 2. The summed E-state index contributed by atoms with van der Waals surface area (Å²) in [4.78, 5) is 27.4. The second kappa shape index (κ2) is 9.06. The molecule has 2 heterocycles. The highest BCUT2D eigenvalue weighted by atomic mass is 35.5. The number of fused-ring (bicyclic) bond motifs is 1. The van der Waals surface area contributed by atoms with E-state index in [1.165, 1.54) is 0 Å². The quantitative estimate of drug-likeness (QED) is 0.730. The SMILES string of the molecule is Cc1c(Cl)cccc1NC(=O)CN1CCC(C(=O)c2ccc3c(c2)OCCO3)CC1. The van der Waals surface area contributed by atoms with Crippen LogP contribution in [0.2, 0.25) is 5.02 Å². The third-order valence-electron chi connectivity index (χ3n) is 5.69. The first-order valence-electron chi connectivity index (χ1n) is 10.2. The van der Waals surface area contributed by atoms with Crippen LogP contribution in [-0.2, 0) is 4.79 Å². The fraction of sp³-hybridized carbons (Fsp3) is 0.391. The monoisotopic (exact) mass is 428 g/mol. The van der Waals surface area contributed by atoms with E-state index in [1.54, 1.807) is 18.2 Å². The van der Waals surface area contributed by atoms with Gasteiger partial charge in [-0.25, -0.2) is 0 Å². The van der Waals surface area contributed by atoms with Crippen LogP contribution in [-0.4, -0.2) is 49.4 Å². The Morgan fingerprint density at radius 3 is 2.60 bits per heavy atom. The summed E-state index contributed by atoms with van der Waals surface area (Å²) in [5, 5.41) is 3.56. The molecule has 1 amide bonds. The number of ketones is 1. The molecule has 2 aromatic carbocycles. The Morgan fingerprint density at radius 2 is 1.83 bits per heavy atom. The van der Waals surface area contributed by atoms with E-state index >= 15 is 0 Å². The van der Waals surface area contributed by atoms with Crippen LogP contribution in [0, 0.1) is 12.8 Å². The topological polar surface area (TPSA) is 67.9 Å². The van der Waals surface area contributed by atoms with Gasteiger partial charge in [-0.3, -0.25) is 14.5 Å². The second-order valence-corrected chi connectivity index (χ2v) is 8.14. The zero-order valence-electron chi connectivity index (χ0n) is 16.9. The molecule has 0 radical (unpaired) electrons. The van der Waals surface area contributed by atoms with Gasteiger partial charge in [0.15, 0.2) is 17.3 Å². The van der Waals surface area contributed by atoms with Crippen molar-refractivity contribution in [3.8, 4) is 11.5 Å². The minimum atomic E-state index is -0.0722. The average molecular weight is 429 g/mol. The molecule has 0 saturated carbocycles. The Bertz CT molecular complexity index is 954. The number of ether oxygens (including phenoxy) is 2. The summed E-state index contributed by atoms with van der Waals surface area (Å²) in [6.07, 6.45) is 1.47. The molecule has 0 spiro atoms. The molecule has 0 atom stereocenters. The van der Waals surface area contributed by atoms with Crippen molar-refractivity contribution < 1.29 is 19.1 Å². The number of likely N-dealkylation sites (tertiary alicyclic amines) is 1. The van der Waals surface area contributed by atoms with Crippen molar-refractivity contribution in [1.82, 2.24) is 4.90 Å². The summed E-state index contributed by atoms with van der Waals surface area (Å²) < 4.78 is 11.1. The average Bonchev–Trinajstić information content (AvgIpc) is 2.76. The van der Waals surface area contributed by atoms with Crippen LogP contribution in [0.4, 0.5) is 5.69 Å². The molecule has 2 aliphatic rings. The van der Waals surface area contributed by atoms with Gasteiger partial charge in [-0.05, 0) is 68.8 Å². The van der Waals surface area contributed by atoms with E-state index < -0.39 is 0 Å². The first kappa shape index (κ1) is 20.7. The first-order valence-corrected chi connectivity index (χ1v) is 10.6. The van der Waals surface area contributed by atoms with Crippen LogP contribution in [0.3, 0.4) is 0 Å². The molecule has 2 aliphatic heterocycles. The van der Waals surface area contributed by atoms with E-state index in [4.69, 9.17) is 21.1 Å². The highest BCUT2D eigenvalue weighted by Gasteiger charge is 2.27. The van der Waals surface area contributed by atoms with Gasteiger partial charge >= 0.3 is 0 Å². The van der Waals surface area contributed by atoms with Crippen LogP contribution >= 0.6 is 11.6 Å². The van der Waals surface area contributed by atoms with Crippen LogP contribution in [0.25, 0.3) is 0 Å². The molecule has 0 aliphatic carbocycles. The van der Waals surface area contributed by atoms with Crippen LogP contribution < -0.4 is 14.8 Å². The normalized spacial score (nSPS) is 16.9. The minimum Gasteiger partial charge on any atom is -0.486 e. The van der Waals surface area contributed by atoms with Crippen LogP contribution in [0.1, 0.15) is 28.8 Å². The van der Waals surface area contributed by atoms with Gasteiger partial charge in [0, 0.05) is 22.2 Å². The van der Waals surface area contributed by atoms with Gasteiger partial charge in [-0.1, -0.05) is 17.7 Å². The highest BCUT2D eigenvalue weighted by Crippen LogP contribution is 2.32. The Morgan fingerprint density at radius 1 is 1.10 bits per heavy atom. The number of Topliss-reactive ketones (excluding diaryl/α,β-unsaturated/α-hetero) is 1. The van der Waals surface area contributed by atoms with Gasteiger partial charge < -0.3 is 14.8 Å². The van der Waals surface area contributed by atoms with Gasteiger partial charge in [0.05, 0.1) is 6.54 Å². The number of hydrogen-bond acceptors (Lipinski definition) is 5. The number of piperidine rings is 1. The van der Waals surface area contributed by atoms with E-state index in [1.807, 2.05) is 25.1 Å². The minimum absolute atomic E-state index is 0.0398. The molecule has 0 aromatic heterocycles. The number of amides is 1. The van der Waals surface area contributed by atoms with Crippen molar-refractivity contribution >= 4 is 29.0 Å². The van der Waals surface area contributed by atoms with E-state index in [0.29, 0.717) is 54.9 Å². The number of nitrogens with one attached hydrogen (secondary N) is 1. The van der Waals surface area contributed by atoms with Gasteiger partial charge in [0.1, 0.15) is 13.2 Å². The van der Waals surface area contributed by atoms with Crippen molar-refractivity contribution in [1.29, 1.82) is 0 Å². The lowest BCUT2D eigenvalue weighted by molar-refractivity contribution is -0.117. The Kier molecular flexibility index (Phi) is 6.25. The largest absolute Gasteiger partial charge is 0.486 e. The number of hydrogen-bond donors (Lipinski definition) is 1. The first-order chi connectivity index (χ1) is 14.5. The number of halogens is 1. The van der Waals surface area contributed by atoms with E-state index in [0.717, 1.165) is 24.1 Å². The Balaban J connectivity index is 1.30. The fourth-order valence-electron chi connectivity index (χ4n) is 3.92. The molecule has 158 valence electrons. The second-order valence-electron chi connectivity index (χ2n) is 7.73. The summed E-state index contributed by atoms with van der Waals surface area (Å²) in [7, 11) is 0. The lowest BCUT2D eigenvalue weighted by Gasteiger charge is -2.31. The highest BCUT2D eigenvalue weighted by molar-refractivity contribution is 6.31. The van der Waals surface area contributed by atoms with E-state index in [2.05, 4.69) is 10.2 Å². The summed E-state index contributed by atoms with van der Waals surface area (Å²) in [6.45, 7) is 4.64. The van der Waals surface area contributed by atoms with Gasteiger partial charge in [0.25, 0.3) is 0 Å². The zero-order valence-corrected chi connectivity index (χ0v) is 17.7. The van der Waals surface area contributed by atoms with Gasteiger partial charge in [0.2, 0.25) is 5.91 Å². The van der Waals surface area contributed by atoms with Crippen molar-refractivity contribution in [3.63, 3.8) is 0 Å². The lowest BCUT2D eigenvalue weighted by atomic mass is 9.88. The molecule has 1 saturated heterocycles. The standard InChI is InChI=1S/C23H25ClN2O4/c1-15-18(24)3-2-4-19(15)25-22(27)14-26-9-7-16(8-10-26)23(28)17-5-6-20-21(13-17)30-12-11-29-20/h2-6,13,16H,7-12,14H2,1H3,(H,25,27). The lowest BCUT2D eigenvalue weighted by Crippen LogP contribution is -2.40. The zero-order chi connectivity index (χ0) is 21.1. The number of carbonyl (C=O) groups is 2. The number of anilines is 1. The summed E-state index contributed by atoms with van der Waals surface area (Å²) in [6, 6.07) is 10.9. The van der Waals surface area contributed by atoms with Crippen molar-refractivity contribution in [2.24, 2.45) is 5.92 Å². The van der Waals surface area contributed by atoms with Crippen molar-refractivity contribution in [3.05, 3.63) is 52.5 Å². The summed E-state index contributed by atoms with van der Waals surface area (Å²) in [5.41, 5.74) is 2.25. The molecule has 2 aromatic rings. The number of rotatable bonds is 5. The molecular formula is C23H25ClN2O4. The van der Waals surface area contributed by atoms with Gasteiger partial charge in [-0.2, -0.15) is 0 Å². The molecule has 7 heteroatoms. The Hall–Kier alpha value is -2.57. The van der Waals surface area contributed by atoms with Gasteiger partial charge in [-0.15, -0.1) is 0 Å². The smallest absolute Gasteiger partial charge is 0.238 e. The summed E-state index contributed by atoms with van der Waals surface area (Å²) >= 11 is 6.12. The molecule has 30 heavy (non-hydrogen) atoms.